The fourth-order valence-corrected chi connectivity index (χ4v) is 6.11. The Morgan fingerprint density at radius 1 is 1.09 bits per heavy atom. The molecule has 0 aliphatic carbocycles. The number of ether oxygens (including phenoxy) is 1. The van der Waals surface area contributed by atoms with Gasteiger partial charge in [-0.25, -0.2) is 19.3 Å². The molecule has 2 N–H and O–H groups in total. The van der Waals surface area contributed by atoms with Crippen molar-refractivity contribution in [2.45, 2.75) is 26.9 Å². The number of benzene rings is 2. The summed E-state index contributed by atoms with van der Waals surface area (Å²) in [5.74, 6) is 0.905. The zero-order valence-corrected chi connectivity index (χ0v) is 26.6. The Kier molecular flexibility index (Phi) is 10.1. The maximum absolute atomic E-state index is 13.5. The third kappa shape index (κ3) is 7.99. The first-order valence-corrected chi connectivity index (χ1v) is 16.2. The van der Waals surface area contributed by atoms with E-state index in [4.69, 9.17) is 9.72 Å². The number of aromatic nitrogens is 4. The van der Waals surface area contributed by atoms with Crippen LogP contribution in [0.15, 0.2) is 70.9 Å². The molecule has 13 heteroatoms. The monoisotopic (exact) mass is 682 g/mol. The highest BCUT2D eigenvalue weighted by Gasteiger charge is 2.12. The molecule has 43 heavy (non-hydrogen) atoms. The van der Waals surface area contributed by atoms with Gasteiger partial charge in [0.25, 0.3) is 0 Å². The lowest BCUT2D eigenvalue weighted by Gasteiger charge is -2.12. The molecule has 3 heterocycles. The molecular formula is C30H28BrFN6O3S2. The van der Waals surface area contributed by atoms with Gasteiger partial charge in [-0.15, -0.1) is 11.3 Å². The molecule has 0 fully saturated rings. The summed E-state index contributed by atoms with van der Waals surface area (Å²) in [5, 5.41) is 10.2. The molecule has 0 amide bonds. The van der Waals surface area contributed by atoms with Gasteiger partial charge >= 0.3 is 0 Å². The second kappa shape index (κ2) is 14.1. The zero-order valence-electron chi connectivity index (χ0n) is 23.3. The van der Waals surface area contributed by atoms with E-state index in [9.17, 15) is 12.8 Å². The normalized spacial score (nSPS) is 11.2. The molecule has 5 rings (SSSR count). The summed E-state index contributed by atoms with van der Waals surface area (Å²) < 4.78 is 42.8. The number of anilines is 2. The molecule has 0 radical (unpaired) electrons. The molecular weight excluding hydrogens is 655 g/mol. The van der Waals surface area contributed by atoms with Crippen LogP contribution in [-0.2, 0) is 23.3 Å². The molecule has 0 unspecified atom stereocenters. The number of pyridine rings is 1. The number of hydrogen-bond acceptors (Lipinski definition) is 10. The molecule has 0 spiro atoms. The standard InChI is InChI=1S/C30H28BrFN6O3S2/c1-18(2)28(43(39)40)14-33-9-8-29-38-26(16-42-29)24-12-22-25(13-34-24)35-17-36-30(22)37-21-6-7-27(23(31)11-21)41-15-19-4-3-5-20(32)10-19/h3-7,10-13,16-18,33H,8-9,14-15H2,1-2H3,(H,35,36,37). The maximum atomic E-state index is 13.5. The van der Waals surface area contributed by atoms with E-state index in [0.717, 1.165) is 31.8 Å². The third-order valence-electron chi connectivity index (χ3n) is 6.49. The number of halogens is 2. The van der Waals surface area contributed by atoms with E-state index in [0.29, 0.717) is 47.2 Å². The molecule has 2 aromatic carbocycles. The molecule has 0 saturated carbocycles. The molecule has 0 aliphatic heterocycles. The van der Waals surface area contributed by atoms with Crippen molar-refractivity contribution < 1.29 is 17.5 Å². The van der Waals surface area contributed by atoms with Crippen molar-refractivity contribution in [2.24, 2.45) is 5.92 Å². The van der Waals surface area contributed by atoms with Crippen LogP contribution >= 0.6 is 27.3 Å². The molecule has 5 aromatic rings. The van der Waals surface area contributed by atoms with Crippen molar-refractivity contribution >= 4 is 64.8 Å². The van der Waals surface area contributed by atoms with Crippen molar-refractivity contribution in [2.75, 3.05) is 18.4 Å². The van der Waals surface area contributed by atoms with Gasteiger partial charge in [0.1, 0.15) is 30.3 Å². The van der Waals surface area contributed by atoms with Gasteiger partial charge < -0.3 is 15.4 Å². The van der Waals surface area contributed by atoms with E-state index in [1.807, 2.05) is 49.6 Å². The number of rotatable bonds is 12. The van der Waals surface area contributed by atoms with Crippen LogP contribution in [0.4, 0.5) is 15.9 Å². The van der Waals surface area contributed by atoms with Gasteiger partial charge in [-0.05, 0) is 63.8 Å². The maximum Gasteiger partial charge on any atom is 0.214 e. The Morgan fingerprint density at radius 2 is 1.95 bits per heavy atom. The molecule has 3 aromatic heterocycles. The van der Waals surface area contributed by atoms with Crippen LogP contribution < -0.4 is 15.4 Å². The lowest BCUT2D eigenvalue weighted by molar-refractivity contribution is 0.303. The molecule has 0 aliphatic rings. The molecule has 222 valence electrons. The Morgan fingerprint density at radius 3 is 2.72 bits per heavy atom. The molecule has 0 atom stereocenters. The van der Waals surface area contributed by atoms with Crippen molar-refractivity contribution in [3.63, 3.8) is 0 Å². The number of thiazole rings is 1. The highest BCUT2D eigenvalue weighted by Crippen LogP contribution is 2.32. The van der Waals surface area contributed by atoms with Crippen LogP contribution in [0.25, 0.3) is 22.3 Å². The van der Waals surface area contributed by atoms with Gasteiger partial charge in [0.05, 0.1) is 37.4 Å². The quantitative estimate of drug-likeness (QED) is 0.117. The fraction of sp³-hybridized carbons (Fsp3) is 0.233. The average molecular weight is 684 g/mol. The summed E-state index contributed by atoms with van der Waals surface area (Å²) in [7, 11) is -2.19. The van der Waals surface area contributed by atoms with E-state index in [1.54, 1.807) is 12.3 Å². The van der Waals surface area contributed by atoms with Crippen LogP contribution in [0.2, 0.25) is 0 Å². The van der Waals surface area contributed by atoms with Crippen LogP contribution in [0.3, 0.4) is 0 Å². The van der Waals surface area contributed by atoms with Gasteiger partial charge in [0.2, 0.25) is 10.3 Å². The molecule has 9 nitrogen and oxygen atoms in total. The first kappa shape index (κ1) is 30.7. The summed E-state index contributed by atoms with van der Waals surface area (Å²) >= 11 is 5.09. The number of hydrogen-bond donors (Lipinski definition) is 2. The number of nitrogens with zero attached hydrogens (tertiary/aromatic N) is 4. The first-order valence-electron chi connectivity index (χ1n) is 13.4. The Labute approximate surface area is 262 Å². The second-order valence-electron chi connectivity index (χ2n) is 9.91. The highest BCUT2D eigenvalue weighted by molar-refractivity contribution is 9.10. The minimum absolute atomic E-state index is 0.0346. The van der Waals surface area contributed by atoms with Gasteiger partial charge in [0, 0.05) is 36.0 Å². The summed E-state index contributed by atoms with van der Waals surface area (Å²) in [4.78, 5) is 18.6. The van der Waals surface area contributed by atoms with Gasteiger partial charge in [-0.2, -0.15) is 8.42 Å². The van der Waals surface area contributed by atoms with E-state index >= 15 is 0 Å². The van der Waals surface area contributed by atoms with E-state index < -0.39 is 10.3 Å². The molecule has 0 saturated heterocycles. The number of fused-ring (bicyclic) bond motifs is 1. The van der Waals surface area contributed by atoms with Crippen molar-refractivity contribution in [3.05, 3.63) is 87.3 Å². The Hall–Kier alpha value is -3.78. The highest BCUT2D eigenvalue weighted by atomic mass is 79.9. The summed E-state index contributed by atoms with van der Waals surface area (Å²) in [5.41, 5.74) is 3.64. The van der Waals surface area contributed by atoms with Gasteiger partial charge in [0.15, 0.2) is 0 Å². The Bertz CT molecular complexity index is 1890. The third-order valence-corrected chi connectivity index (χ3v) is 9.06. The largest absolute Gasteiger partial charge is 0.488 e. The lowest BCUT2D eigenvalue weighted by Crippen LogP contribution is -2.28. The van der Waals surface area contributed by atoms with Gasteiger partial charge in [-0.1, -0.05) is 26.0 Å². The van der Waals surface area contributed by atoms with Crippen LogP contribution in [0, 0.1) is 11.7 Å². The van der Waals surface area contributed by atoms with Crippen molar-refractivity contribution in [3.8, 4) is 17.1 Å². The Balaban J connectivity index is 1.26. The summed E-state index contributed by atoms with van der Waals surface area (Å²) in [6.07, 6.45) is 3.85. The van der Waals surface area contributed by atoms with Crippen LogP contribution in [0.1, 0.15) is 24.4 Å². The smallest absolute Gasteiger partial charge is 0.214 e. The lowest BCUT2D eigenvalue weighted by atomic mass is 10.1. The minimum Gasteiger partial charge on any atom is -0.488 e. The number of nitrogens with one attached hydrogen (secondary N) is 2. The fourth-order valence-electron chi connectivity index (χ4n) is 4.22. The van der Waals surface area contributed by atoms with E-state index in [2.05, 4.69) is 41.5 Å². The SMILES string of the molecule is CC(C)C(CNCCc1nc(-c2cc3c(Nc4ccc(OCc5cccc(F)c5)c(Br)c4)ncnc3cn2)cs1)=S(=O)=O. The average Bonchev–Trinajstić information content (AvgIpc) is 3.45. The second-order valence-corrected chi connectivity index (χ2v) is 12.7. The molecule has 0 bridgehead atoms. The van der Waals surface area contributed by atoms with E-state index in [1.165, 1.54) is 29.8 Å². The van der Waals surface area contributed by atoms with Gasteiger partial charge in [-0.3, -0.25) is 4.98 Å². The van der Waals surface area contributed by atoms with Crippen molar-refractivity contribution in [1.82, 2.24) is 25.3 Å². The topological polar surface area (TPSA) is 119 Å². The summed E-state index contributed by atoms with van der Waals surface area (Å²) in [6.45, 7) is 4.91. The summed E-state index contributed by atoms with van der Waals surface area (Å²) in [6, 6.07) is 13.8. The van der Waals surface area contributed by atoms with Crippen LogP contribution in [0.5, 0.6) is 5.75 Å². The van der Waals surface area contributed by atoms with Crippen LogP contribution in [-0.4, -0.2) is 46.3 Å². The van der Waals surface area contributed by atoms with Crippen molar-refractivity contribution in [1.29, 1.82) is 0 Å². The predicted molar refractivity (Wildman–Crippen MR) is 172 cm³/mol. The van der Waals surface area contributed by atoms with E-state index in [-0.39, 0.29) is 18.3 Å². The minimum atomic E-state index is -2.19. The zero-order chi connectivity index (χ0) is 30.3. The first-order chi connectivity index (χ1) is 20.8. The predicted octanol–water partition coefficient (Wildman–Crippen LogP) is 6.21.